The summed E-state index contributed by atoms with van der Waals surface area (Å²) in [5.41, 5.74) is 1.21. The first-order valence-electron chi connectivity index (χ1n) is 5.72. The Labute approximate surface area is 103 Å². The van der Waals surface area contributed by atoms with Gasteiger partial charge in [0.25, 0.3) is 0 Å². The van der Waals surface area contributed by atoms with Crippen LogP contribution < -0.4 is 10.6 Å². The average Bonchev–Trinajstić information content (AvgIpc) is 2.30. The molecule has 0 unspecified atom stereocenters. The lowest BCUT2D eigenvalue weighted by atomic mass is 9.98. The predicted molar refractivity (Wildman–Crippen MR) is 70.3 cm³/mol. The van der Waals surface area contributed by atoms with E-state index in [4.69, 9.17) is 0 Å². The lowest BCUT2D eigenvalue weighted by molar-refractivity contribution is 0.389. The SMILES string of the molecule is Cc1ccc(NCC2CCNCC2)nc1.Cl. The van der Waals surface area contributed by atoms with Gasteiger partial charge in [-0.2, -0.15) is 0 Å². The van der Waals surface area contributed by atoms with Crippen molar-refractivity contribution in [2.24, 2.45) is 5.92 Å². The maximum absolute atomic E-state index is 4.34. The summed E-state index contributed by atoms with van der Waals surface area (Å²) in [5.74, 6) is 1.80. The molecule has 1 fully saturated rings. The molecule has 0 amide bonds. The van der Waals surface area contributed by atoms with Crippen LogP contribution in [0.4, 0.5) is 5.82 Å². The van der Waals surface area contributed by atoms with Gasteiger partial charge in [0.2, 0.25) is 0 Å². The third kappa shape index (κ3) is 3.99. The van der Waals surface area contributed by atoms with Crippen molar-refractivity contribution in [3.8, 4) is 0 Å². The Bertz CT molecular complexity index is 294. The minimum atomic E-state index is 0. The summed E-state index contributed by atoms with van der Waals surface area (Å²) in [4.78, 5) is 4.34. The first-order valence-corrected chi connectivity index (χ1v) is 5.72. The summed E-state index contributed by atoms with van der Waals surface area (Å²) in [6, 6.07) is 4.15. The number of rotatable bonds is 3. The van der Waals surface area contributed by atoms with Crippen LogP contribution in [0, 0.1) is 12.8 Å². The highest BCUT2D eigenvalue weighted by Crippen LogP contribution is 2.12. The molecule has 1 aliphatic rings. The second kappa shape index (κ2) is 6.71. The highest BCUT2D eigenvalue weighted by atomic mass is 35.5. The van der Waals surface area contributed by atoms with Crippen LogP contribution in [-0.4, -0.2) is 24.6 Å². The van der Waals surface area contributed by atoms with Gasteiger partial charge in [0.1, 0.15) is 5.82 Å². The van der Waals surface area contributed by atoms with Gasteiger partial charge >= 0.3 is 0 Å². The molecule has 0 aromatic carbocycles. The molecule has 3 nitrogen and oxygen atoms in total. The van der Waals surface area contributed by atoms with Gasteiger partial charge in [-0.1, -0.05) is 6.07 Å². The molecular weight excluding hydrogens is 222 g/mol. The Hall–Kier alpha value is -0.800. The van der Waals surface area contributed by atoms with Gasteiger partial charge in [0, 0.05) is 12.7 Å². The van der Waals surface area contributed by atoms with E-state index in [-0.39, 0.29) is 12.4 Å². The van der Waals surface area contributed by atoms with Gasteiger partial charge in [-0.25, -0.2) is 4.98 Å². The molecule has 1 aromatic rings. The highest BCUT2D eigenvalue weighted by molar-refractivity contribution is 5.85. The van der Waals surface area contributed by atoms with E-state index in [9.17, 15) is 0 Å². The van der Waals surface area contributed by atoms with E-state index < -0.39 is 0 Å². The van der Waals surface area contributed by atoms with E-state index in [1.807, 2.05) is 6.20 Å². The van der Waals surface area contributed by atoms with Crippen molar-refractivity contribution in [1.82, 2.24) is 10.3 Å². The number of hydrogen-bond donors (Lipinski definition) is 2. The number of nitrogens with zero attached hydrogens (tertiary/aromatic N) is 1. The fraction of sp³-hybridized carbons (Fsp3) is 0.583. The van der Waals surface area contributed by atoms with E-state index in [2.05, 4.69) is 34.7 Å². The molecule has 1 saturated heterocycles. The first-order chi connectivity index (χ1) is 7.34. The second-order valence-electron chi connectivity index (χ2n) is 4.30. The normalized spacial score (nSPS) is 16.6. The number of anilines is 1. The molecule has 0 atom stereocenters. The molecule has 0 bridgehead atoms. The molecule has 1 aliphatic heterocycles. The molecule has 16 heavy (non-hydrogen) atoms. The standard InChI is InChI=1S/C12H19N3.ClH/c1-10-2-3-12(14-8-10)15-9-11-4-6-13-7-5-11;/h2-3,8,11,13H,4-7,9H2,1H3,(H,14,15);1H. The topological polar surface area (TPSA) is 37.0 Å². The van der Waals surface area contributed by atoms with Gasteiger partial charge in [-0.15, -0.1) is 12.4 Å². The van der Waals surface area contributed by atoms with Crippen LogP contribution in [0.2, 0.25) is 0 Å². The zero-order chi connectivity index (χ0) is 10.5. The zero-order valence-electron chi connectivity index (χ0n) is 9.70. The van der Waals surface area contributed by atoms with E-state index in [0.717, 1.165) is 31.4 Å². The van der Waals surface area contributed by atoms with Gasteiger partial charge in [-0.05, 0) is 50.4 Å². The summed E-state index contributed by atoms with van der Waals surface area (Å²) < 4.78 is 0. The summed E-state index contributed by atoms with van der Waals surface area (Å²) in [6.45, 7) is 5.43. The van der Waals surface area contributed by atoms with Crippen LogP contribution in [0.3, 0.4) is 0 Å². The van der Waals surface area contributed by atoms with Crippen LogP contribution in [0.25, 0.3) is 0 Å². The molecule has 2 rings (SSSR count). The number of piperidine rings is 1. The molecule has 0 spiro atoms. The maximum Gasteiger partial charge on any atom is 0.125 e. The molecule has 1 aromatic heterocycles. The number of pyridine rings is 1. The fourth-order valence-corrected chi connectivity index (χ4v) is 1.91. The Morgan fingerprint density at radius 1 is 1.38 bits per heavy atom. The molecule has 2 heterocycles. The number of hydrogen-bond acceptors (Lipinski definition) is 3. The van der Waals surface area contributed by atoms with Crippen LogP contribution in [0.5, 0.6) is 0 Å². The quantitative estimate of drug-likeness (QED) is 0.852. The maximum atomic E-state index is 4.34. The lowest BCUT2D eigenvalue weighted by Gasteiger charge is -2.22. The Morgan fingerprint density at radius 3 is 2.75 bits per heavy atom. The van der Waals surface area contributed by atoms with Crippen molar-refractivity contribution in [3.63, 3.8) is 0 Å². The van der Waals surface area contributed by atoms with Crippen LogP contribution in [0.1, 0.15) is 18.4 Å². The molecule has 0 aliphatic carbocycles. The van der Waals surface area contributed by atoms with Gasteiger partial charge in [0.05, 0.1) is 0 Å². The summed E-state index contributed by atoms with van der Waals surface area (Å²) in [7, 11) is 0. The Kier molecular flexibility index (Phi) is 5.56. The third-order valence-electron chi connectivity index (χ3n) is 2.94. The number of aromatic nitrogens is 1. The van der Waals surface area contributed by atoms with Crippen molar-refractivity contribution in [2.75, 3.05) is 25.0 Å². The van der Waals surface area contributed by atoms with Crippen LogP contribution >= 0.6 is 12.4 Å². The van der Waals surface area contributed by atoms with E-state index >= 15 is 0 Å². The monoisotopic (exact) mass is 241 g/mol. The van der Waals surface area contributed by atoms with Crippen molar-refractivity contribution in [1.29, 1.82) is 0 Å². The minimum absolute atomic E-state index is 0. The van der Waals surface area contributed by atoms with E-state index in [0.29, 0.717) is 0 Å². The summed E-state index contributed by atoms with van der Waals surface area (Å²) >= 11 is 0. The number of halogens is 1. The average molecular weight is 242 g/mol. The molecule has 0 radical (unpaired) electrons. The molecule has 4 heteroatoms. The van der Waals surface area contributed by atoms with Crippen LogP contribution in [-0.2, 0) is 0 Å². The second-order valence-corrected chi connectivity index (χ2v) is 4.30. The largest absolute Gasteiger partial charge is 0.370 e. The highest BCUT2D eigenvalue weighted by Gasteiger charge is 2.12. The zero-order valence-corrected chi connectivity index (χ0v) is 10.5. The minimum Gasteiger partial charge on any atom is -0.370 e. The lowest BCUT2D eigenvalue weighted by Crippen LogP contribution is -2.31. The fourth-order valence-electron chi connectivity index (χ4n) is 1.91. The van der Waals surface area contributed by atoms with Gasteiger partial charge in [0.15, 0.2) is 0 Å². The Morgan fingerprint density at radius 2 is 2.12 bits per heavy atom. The van der Waals surface area contributed by atoms with Crippen molar-refractivity contribution in [2.45, 2.75) is 19.8 Å². The van der Waals surface area contributed by atoms with E-state index in [1.54, 1.807) is 0 Å². The van der Waals surface area contributed by atoms with E-state index in [1.165, 1.54) is 18.4 Å². The third-order valence-corrected chi connectivity index (χ3v) is 2.94. The Balaban J connectivity index is 0.00000128. The number of aryl methyl sites for hydroxylation is 1. The van der Waals surface area contributed by atoms with Gasteiger partial charge < -0.3 is 10.6 Å². The smallest absolute Gasteiger partial charge is 0.125 e. The van der Waals surface area contributed by atoms with Crippen molar-refractivity contribution in [3.05, 3.63) is 23.9 Å². The first kappa shape index (κ1) is 13.3. The van der Waals surface area contributed by atoms with Gasteiger partial charge in [-0.3, -0.25) is 0 Å². The molecule has 90 valence electrons. The summed E-state index contributed by atoms with van der Waals surface area (Å²) in [5, 5.41) is 6.78. The summed E-state index contributed by atoms with van der Waals surface area (Å²) in [6.07, 6.45) is 4.46. The number of nitrogens with one attached hydrogen (secondary N) is 2. The molecule has 2 N–H and O–H groups in total. The van der Waals surface area contributed by atoms with Crippen molar-refractivity contribution >= 4 is 18.2 Å². The molecule has 0 saturated carbocycles. The predicted octanol–water partition coefficient (Wildman–Crippen LogP) is 2.22. The van der Waals surface area contributed by atoms with Crippen LogP contribution in [0.15, 0.2) is 18.3 Å². The molecular formula is C12H20ClN3. The van der Waals surface area contributed by atoms with Crippen molar-refractivity contribution < 1.29 is 0 Å².